The molecule has 1 atom stereocenters. The molecule has 2 aliphatic heterocycles. The van der Waals surface area contributed by atoms with Crippen molar-refractivity contribution in [3.05, 3.63) is 29.8 Å². The summed E-state index contributed by atoms with van der Waals surface area (Å²) in [4.78, 5) is 16.2. The van der Waals surface area contributed by atoms with Crippen molar-refractivity contribution >= 4 is 11.7 Å². The highest BCUT2D eigenvalue weighted by Crippen LogP contribution is 2.29. The molecule has 1 N–H and O–H groups in total. The van der Waals surface area contributed by atoms with Crippen LogP contribution in [0.25, 0.3) is 0 Å². The molecule has 2 fully saturated rings. The topological polar surface area (TPSA) is 44.8 Å². The van der Waals surface area contributed by atoms with Crippen molar-refractivity contribution < 1.29 is 22.7 Å². The lowest BCUT2D eigenvalue weighted by Crippen LogP contribution is -2.51. The number of nitrogens with one attached hydrogen (secondary N) is 1. The number of nitrogens with zero attached hydrogens (tertiary/aromatic N) is 2. The van der Waals surface area contributed by atoms with Crippen molar-refractivity contribution in [2.45, 2.75) is 25.1 Å². The van der Waals surface area contributed by atoms with Crippen LogP contribution in [0.2, 0.25) is 0 Å². The van der Waals surface area contributed by atoms with Crippen LogP contribution in [-0.4, -0.2) is 61.3 Å². The van der Waals surface area contributed by atoms with Crippen LogP contribution in [0, 0.1) is 0 Å². The summed E-state index contributed by atoms with van der Waals surface area (Å²) in [5, 5.41) is 2.65. The Balaban J connectivity index is 1.46. The van der Waals surface area contributed by atoms with Gasteiger partial charge < -0.3 is 15.0 Å². The van der Waals surface area contributed by atoms with Crippen molar-refractivity contribution in [3.8, 4) is 0 Å². The third-order valence-electron chi connectivity index (χ3n) is 4.61. The first-order valence-corrected chi connectivity index (χ1v) is 8.49. The van der Waals surface area contributed by atoms with Crippen LogP contribution in [0.5, 0.6) is 0 Å². The van der Waals surface area contributed by atoms with Gasteiger partial charge >= 0.3 is 12.2 Å². The first kappa shape index (κ1) is 18.0. The zero-order chi connectivity index (χ0) is 17.9. The van der Waals surface area contributed by atoms with Gasteiger partial charge in [-0.15, -0.1) is 0 Å². The highest BCUT2D eigenvalue weighted by Gasteiger charge is 2.30. The van der Waals surface area contributed by atoms with Gasteiger partial charge in [-0.25, -0.2) is 4.79 Å². The van der Waals surface area contributed by atoms with Gasteiger partial charge in [0.1, 0.15) is 0 Å². The highest BCUT2D eigenvalue weighted by molar-refractivity contribution is 5.89. The van der Waals surface area contributed by atoms with Crippen LogP contribution < -0.4 is 5.32 Å². The Morgan fingerprint density at radius 2 is 1.84 bits per heavy atom. The smallest absolute Gasteiger partial charge is 0.377 e. The van der Waals surface area contributed by atoms with E-state index < -0.39 is 11.7 Å². The molecule has 0 spiro atoms. The van der Waals surface area contributed by atoms with Crippen molar-refractivity contribution in [1.82, 2.24) is 9.80 Å². The summed E-state index contributed by atoms with van der Waals surface area (Å²) >= 11 is 0. The highest BCUT2D eigenvalue weighted by atomic mass is 19.4. The Morgan fingerprint density at radius 3 is 2.40 bits per heavy atom. The van der Waals surface area contributed by atoms with E-state index in [4.69, 9.17) is 4.74 Å². The first-order valence-electron chi connectivity index (χ1n) is 8.49. The maximum absolute atomic E-state index is 12.5. The van der Waals surface area contributed by atoms with E-state index in [1.807, 2.05) is 0 Å². The zero-order valence-electron chi connectivity index (χ0n) is 13.9. The average molecular weight is 357 g/mol. The summed E-state index contributed by atoms with van der Waals surface area (Å²) in [5.41, 5.74) is -0.368. The normalized spacial score (nSPS) is 22.2. The van der Waals surface area contributed by atoms with Gasteiger partial charge in [-0.2, -0.15) is 13.2 Å². The zero-order valence-corrected chi connectivity index (χ0v) is 13.9. The minimum Gasteiger partial charge on any atom is -0.377 e. The number of piperazine rings is 1. The van der Waals surface area contributed by atoms with Gasteiger partial charge in [-0.1, -0.05) is 0 Å². The number of rotatable bonds is 3. The van der Waals surface area contributed by atoms with Gasteiger partial charge in [0.25, 0.3) is 0 Å². The van der Waals surface area contributed by atoms with Gasteiger partial charge in [0.2, 0.25) is 0 Å². The number of benzene rings is 1. The molecule has 8 heteroatoms. The molecule has 138 valence electrons. The molecule has 2 amide bonds. The number of alkyl halides is 3. The quantitative estimate of drug-likeness (QED) is 0.904. The molecular weight excluding hydrogens is 335 g/mol. The molecular formula is C17H22F3N3O2. The molecule has 2 heterocycles. The van der Waals surface area contributed by atoms with Crippen molar-refractivity contribution in [2.75, 3.05) is 44.6 Å². The third kappa shape index (κ3) is 4.85. The number of urea groups is 1. The van der Waals surface area contributed by atoms with Crippen LogP contribution in [0.15, 0.2) is 24.3 Å². The van der Waals surface area contributed by atoms with Gasteiger partial charge in [-0.05, 0) is 37.1 Å². The van der Waals surface area contributed by atoms with Gasteiger partial charge in [0, 0.05) is 45.0 Å². The number of hydrogen-bond acceptors (Lipinski definition) is 3. The molecule has 2 saturated heterocycles. The number of hydrogen-bond donors (Lipinski definition) is 1. The second kappa shape index (κ2) is 7.61. The van der Waals surface area contributed by atoms with Crippen LogP contribution >= 0.6 is 0 Å². The molecule has 25 heavy (non-hydrogen) atoms. The largest absolute Gasteiger partial charge is 0.416 e. The first-order chi connectivity index (χ1) is 11.9. The Morgan fingerprint density at radius 1 is 1.16 bits per heavy atom. The number of ether oxygens (including phenoxy) is 1. The summed E-state index contributed by atoms with van der Waals surface area (Å²) in [6.07, 6.45) is -1.87. The van der Waals surface area contributed by atoms with E-state index in [0.717, 1.165) is 51.2 Å². The molecule has 0 saturated carbocycles. The lowest BCUT2D eigenvalue weighted by molar-refractivity contribution is -0.137. The predicted octanol–water partition coefficient (Wildman–Crippen LogP) is 3.03. The van der Waals surface area contributed by atoms with E-state index in [2.05, 4.69) is 10.2 Å². The maximum atomic E-state index is 12.5. The molecule has 0 aliphatic carbocycles. The van der Waals surface area contributed by atoms with E-state index >= 15 is 0 Å². The second-order valence-corrected chi connectivity index (χ2v) is 6.43. The Bertz CT molecular complexity index is 578. The maximum Gasteiger partial charge on any atom is 0.416 e. The fourth-order valence-corrected chi connectivity index (χ4v) is 3.15. The van der Waals surface area contributed by atoms with E-state index in [1.165, 1.54) is 12.1 Å². The van der Waals surface area contributed by atoms with Crippen molar-refractivity contribution in [3.63, 3.8) is 0 Å². The molecule has 3 rings (SSSR count). The number of carbonyl (C=O) groups is 1. The molecule has 2 aliphatic rings. The SMILES string of the molecule is O=C(Nc1ccc(C(F)(F)F)cc1)N1CCN(CC2CCCO2)CC1. The van der Waals surface area contributed by atoms with Crippen LogP contribution in [0.4, 0.5) is 23.7 Å². The number of anilines is 1. The van der Waals surface area contributed by atoms with Crippen LogP contribution in [0.3, 0.4) is 0 Å². The Labute approximate surface area is 144 Å². The van der Waals surface area contributed by atoms with E-state index in [0.29, 0.717) is 24.9 Å². The predicted molar refractivity (Wildman–Crippen MR) is 87.4 cm³/mol. The summed E-state index contributed by atoms with van der Waals surface area (Å²) in [6.45, 7) is 4.48. The number of halogens is 3. The lowest BCUT2D eigenvalue weighted by Gasteiger charge is -2.35. The summed E-state index contributed by atoms with van der Waals surface area (Å²) in [5.74, 6) is 0. The van der Waals surface area contributed by atoms with E-state index in [1.54, 1.807) is 4.90 Å². The number of amides is 2. The summed E-state index contributed by atoms with van der Waals surface area (Å²) in [7, 11) is 0. The molecule has 1 unspecified atom stereocenters. The Kier molecular flexibility index (Phi) is 5.48. The molecule has 0 bridgehead atoms. The van der Waals surface area contributed by atoms with Crippen LogP contribution in [0.1, 0.15) is 18.4 Å². The van der Waals surface area contributed by atoms with Crippen LogP contribution in [-0.2, 0) is 10.9 Å². The average Bonchev–Trinajstić information content (AvgIpc) is 3.08. The second-order valence-electron chi connectivity index (χ2n) is 6.43. The van der Waals surface area contributed by atoms with Gasteiger partial charge in [-0.3, -0.25) is 4.90 Å². The molecule has 5 nitrogen and oxygen atoms in total. The lowest BCUT2D eigenvalue weighted by atomic mass is 10.2. The molecule has 1 aromatic rings. The fourth-order valence-electron chi connectivity index (χ4n) is 3.15. The standard InChI is InChI=1S/C17H22F3N3O2/c18-17(19,20)13-3-5-14(6-4-13)21-16(24)23-9-7-22(8-10-23)12-15-2-1-11-25-15/h3-6,15H,1-2,7-12H2,(H,21,24). The molecule has 1 aromatic carbocycles. The summed E-state index contributed by atoms with van der Waals surface area (Å²) < 4.78 is 43.3. The van der Waals surface area contributed by atoms with Gasteiger partial charge in [0.15, 0.2) is 0 Å². The monoisotopic (exact) mass is 357 g/mol. The minimum absolute atomic E-state index is 0.281. The van der Waals surface area contributed by atoms with Crippen molar-refractivity contribution in [2.24, 2.45) is 0 Å². The third-order valence-corrected chi connectivity index (χ3v) is 4.61. The van der Waals surface area contributed by atoms with E-state index in [9.17, 15) is 18.0 Å². The molecule has 0 radical (unpaired) electrons. The van der Waals surface area contributed by atoms with Crippen molar-refractivity contribution in [1.29, 1.82) is 0 Å². The fraction of sp³-hybridized carbons (Fsp3) is 0.588. The summed E-state index contributed by atoms with van der Waals surface area (Å²) in [6, 6.07) is 4.20. The molecule has 0 aromatic heterocycles. The number of carbonyl (C=O) groups excluding carboxylic acids is 1. The van der Waals surface area contributed by atoms with E-state index in [-0.39, 0.29) is 6.03 Å². The minimum atomic E-state index is -4.37. The Hall–Kier alpha value is -1.80. The van der Waals surface area contributed by atoms with Gasteiger partial charge in [0.05, 0.1) is 11.7 Å².